The number of fused-ring (bicyclic) bond motifs is 1. The fourth-order valence-corrected chi connectivity index (χ4v) is 5.74. The van der Waals surface area contributed by atoms with E-state index in [2.05, 4.69) is 26.6 Å². The number of carbonyl (C=O) groups is 1. The van der Waals surface area contributed by atoms with Gasteiger partial charge in [0.2, 0.25) is 5.91 Å². The summed E-state index contributed by atoms with van der Waals surface area (Å²) >= 11 is 0.999. The van der Waals surface area contributed by atoms with E-state index in [9.17, 15) is 18.8 Å². The predicted molar refractivity (Wildman–Crippen MR) is 131 cm³/mol. The Hall–Kier alpha value is -3.82. The number of aliphatic hydroxyl groups is 1. The number of pyridine rings is 2. The van der Waals surface area contributed by atoms with Gasteiger partial charge in [0.15, 0.2) is 5.82 Å². The molecule has 0 radical (unpaired) electrons. The SMILES string of the molecule is Cc1c(-c2cc(Sc3ncc(F)cc3F)c3c(C#N)cnn3c2)cnn1[C@H]1CC[C@@H](NC(=O)CO)CC1. The molecular formula is C25H23F2N7O2S. The second kappa shape index (κ2) is 10.3. The molecule has 5 rings (SSSR count). The molecule has 4 heterocycles. The Kier molecular flexibility index (Phi) is 6.90. The molecule has 0 aromatic carbocycles. The van der Waals surface area contributed by atoms with Gasteiger partial charge in [-0.15, -0.1) is 0 Å². The zero-order valence-corrected chi connectivity index (χ0v) is 20.7. The second-order valence-corrected chi connectivity index (χ2v) is 9.95. The van der Waals surface area contributed by atoms with Gasteiger partial charge < -0.3 is 10.4 Å². The first-order chi connectivity index (χ1) is 17.9. The Morgan fingerprint density at radius 1 is 1.22 bits per heavy atom. The number of hydrogen-bond acceptors (Lipinski definition) is 7. The number of nitriles is 1. The first-order valence-corrected chi connectivity index (χ1v) is 12.5. The van der Waals surface area contributed by atoms with Crippen molar-refractivity contribution in [1.82, 2.24) is 29.7 Å². The fraction of sp³-hybridized carbons (Fsp3) is 0.320. The van der Waals surface area contributed by atoms with Crippen molar-refractivity contribution in [3.05, 3.63) is 59.8 Å². The van der Waals surface area contributed by atoms with Crippen LogP contribution < -0.4 is 5.32 Å². The Bertz CT molecular complexity index is 1520. The summed E-state index contributed by atoms with van der Waals surface area (Å²) in [4.78, 5) is 15.9. The van der Waals surface area contributed by atoms with E-state index in [0.29, 0.717) is 16.0 Å². The van der Waals surface area contributed by atoms with E-state index in [0.717, 1.165) is 66.5 Å². The first-order valence-electron chi connectivity index (χ1n) is 11.7. The molecule has 0 saturated heterocycles. The number of hydrogen-bond donors (Lipinski definition) is 2. The summed E-state index contributed by atoms with van der Waals surface area (Å²) < 4.78 is 31.3. The lowest BCUT2D eigenvalue weighted by atomic mass is 9.91. The Morgan fingerprint density at radius 2 is 2.00 bits per heavy atom. The van der Waals surface area contributed by atoms with Crippen molar-refractivity contribution >= 4 is 23.2 Å². The molecule has 12 heteroatoms. The smallest absolute Gasteiger partial charge is 0.245 e. The molecule has 190 valence electrons. The van der Waals surface area contributed by atoms with Gasteiger partial charge in [0.05, 0.1) is 35.7 Å². The number of nitrogens with zero attached hydrogens (tertiary/aromatic N) is 6. The van der Waals surface area contributed by atoms with Gasteiger partial charge in [-0.25, -0.2) is 18.3 Å². The highest BCUT2D eigenvalue weighted by Crippen LogP contribution is 2.38. The standard InChI is InChI=1S/C25H23F2N7O2S/c1-14-20(11-31-34(14)19-4-2-18(3-5-19)32-23(36)13-35)15-6-22(24-16(8-28)9-30-33(24)12-15)37-25-21(27)7-17(26)10-29-25/h6-7,9-12,18-19,35H,2-5,13H2,1H3,(H,32,36)/t18-,19+. The highest BCUT2D eigenvalue weighted by Gasteiger charge is 2.26. The zero-order chi connectivity index (χ0) is 26.1. The largest absolute Gasteiger partial charge is 0.387 e. The van der Waals surface area contributed by atoms with Crippen LogP contribution in [-0.4, -0.2) is 48.0 Å². The number of nitrogens with one attached hydrogen (secondary N) is 1. The Labute approximate surface area is 215 Å². The van der Waals surface area contributed by atoms with Crippen molar-refractivity contribution in [3.8, 4) is 17.2 Å². The minimum absolute atomic E-state index is 0.0111. The average molecular weight is 524 g/mol. The highest BCUT2D eigenvalue weighted by atomic mass is 32.2. The molecule has 1 fully saturated rings. The van der Waals surface area contributed by atoms with Crippen molar-refractivity contribution < 1.29 is 18.7 Å². The van der Waals surface area contributed by atoms with Crippen LogP contribution in [0.2, 0.25) is 0 Å². The van der Waals surface area contributed by atoms with E-state index in [-0.39, 0.29) is 23.0 Å². The zero-order valence-electron chi connectivity index (χ0n) is 19.9. The second-order valence-electron chi connectivity index (χ2n) is 8.92. The molecule has 1 aliphatic carbocycles. The Morgan fingerprint density at radius 3 is 2.70 bits per heavy atom. The quantitative estimate of drug-likeness (QED) is 0.394. The number of rotatable bonds is 6. The molecule has 0 atom stereocenters. The van der Waals surface area contributed by atoms with Gasteiger partial charge in [-0.1, -0.05) is 11.8 Å². The minimum atomic E-state index is -0.790. The molecule has 0 aliphatic heterocycles. The van der Waals surface area contributed by atoms with E-state index in [1.165, 1.54) is 6.20 Å². The van der Waals surface area contributed by atoms with Gasteiger partial charge in [0, 0.05) is 40.0 Å². The van der Waals surface area contributed by atoms with Crippen molar-refractivity contribution in [2.75, 3.05) is 6.61 Å². The number of carbonyl (C=O) groups excluding carboxylic acids is 1. The average Bonchev–Trinajstić information content (AvgIpc) is 3.49. The number of aliphatic hydroxyl groups excluding tert-OH is 1. The van der Waals surface area contributed by atoms with Crippen LogP contribution in [0.4, 0.5) is 8.78 Å². The summed E-state index contributed by atoms with van der Waals surface area (Å²) in [5.74, 6) is -1.92. The normalized spacial score (nSPS) is 17.6. The molecule has 1 amide bonds. The van der Waals surface area contributed by atoms with E-state index in [4.69, 9.17) is 5.11 Å². The molecule has 37 heavy (non-hydrogen) atoms. The predicted octanol–water partition coefficient (Wildman–Crippen LogP) is 3.79. The highest BCUT2D eigenvalue weighted by molar-refractivity contribution is 7.99. The molecular weight excluding hydrogens is 500 g/mol. The molecule has 1 saturated carbocycles. The van der Waals surface area contributed by atoms with Crippen molar-refractivity contribution in [2.45, 2.75) is 54.6 Å². The lowest BCUT2D eigenvalue weighted by Crippen LogP contribution is -2.39. The summed E-state index contributed by atoms with van der Waals surface area (Å²) in [6.45, 7) is 1.46. The van der Waals surface area contributed by atoms with Crippen LogP contribution in [0.25, 0.3) is 16.6 Å². The van der Waals surface area contributed by atoms with E-state index < -0.39 is 18.2 Å². The third-order valence-electron chi connectivity index (χ3n) is 6.58. The third kappa shape index (κ3) is 4.92. The maximum Gasteiger partial charge on any atom is 0.245 e. The molecule has 9 nitrogen and oxygen atoms in total. The molecule has 1 aliphatic rings. The summed E-state index contributed by atoms with van der Waals surface area (Å²) in [6.07, 6.45) is 9.21. The lowest BCUT2D eigenvalue weighted by molar-refractivity contribution is -0.124. The summed E-state index contributed by atoms with van der Waals surface area (Å²) in [5, 5.41) is 30.3. The van der Waals surface area contributed by atoms with E-state index >= 15 is 0 Å². The topological polar surface area (TPSA) is 121 Å². The molecule has 4 aromatic rings. The van der Waals surface area contributed by atoms with Crippen LogP contribution in [0.1, 0.15) is 43.0 Å². The van der Waals surface area contributed by atoms with Crippen LogP contribution in [0, 0.1) is 29.9 Å². The van der Waals surface area contributed by atoms with Gasteiger partial charge in [0.25, 0.3) is 0 Å². The van der Waals surface area contributed by atoms with Crippen LogP contribution in [0.3, 0.4) is 0 Å². The maximum atomic E-state index is 14.4. The van der Waals surface area contributed by atoms with E-state index in [1.54, 1.807) is 16.9 Å². The van der Waals surface area contributed by atoms with Gasteiger partial charge in [-0.3, -0.25) is 9.48 Å². The maximum absolute atomic E-state index is 14.4. The van der Waals surface area contributed by atoms with Crippen LogP contribution in [0.5, 0.6) is 0 Å². The third-order valence-corrected chi connectivity index (χ3v) is 7.61. The monoisotopic (exact) mass is 523 g/mol. The molecule has 0 spiro atoms. The number of aromatic nitrogens is 5. The van der Waals surface area contributed by atoms with Gasteiger partial charge in [-0.2, -0.15) is 15.5 Å². The van der Waals surface area contributed by atoms with Gasteiger partial charge in [-0.05, 0) is 38.7 Å². The van der Waals surface area contributed by atoms with Crippen LogP contribution in [0.15, 0.2) is 46.8 Å². The summed E-state index contributed by atoms with van der Waals surface area (Å²) in [6, 6.07) is 4.93. The van der Waals surface area contributed by atoms with Gasteiger partial charge in [0.1, 0.15) is 23.5 Å². The van der Waals surface area contributed by atoms with Crippen molar-refractivity contribution in [1.29, 1.82) is 5.26 Å². The van der Waals surface area contributed by atoms with E-state index in [1.807, 2.05) is 17.7 Å². The first kappa shape index (κ1) is 24.9. The van der Waals surface area contributed by atoms with Crippen molar-refractivity contribution in [2.24, 2.45) is 0 Å². The van der Waals surface area contributed by atoms with Crippen LogP contribution in [-0.2, 0) is 4.79 Å². The fourth-order valence-electron chi connectivity index (χ4n) is 4.79. The summed E-state index contributed by atoms with van der Waals surface area (Å²) in [7, 11) is 0. The number of halogens is 2. The molecule has 0 bridgehead atoms. The Balaban J connectivity index is 1.46. The van der Waals surface area contributed by atoms with Crippen molar-refractivity contribution in [3.63, 3.8) is 0 Å². The minimum Gasteiger partial charge on any atom is -0.387 e. The lowest BCUT2D eigenvalue weighted by Gasteiger charge is -2.30. The summed E-state index contributed by atoms with van der Waals surface area (Å²) in [5.41, 5.74) is 3.42. The molecule has 2 N–H and O–H groups in total. The molecule has 0 unspecified atom stereocenters. The van der Waals surface area contributed by atoms with Crippen LogP contribution >= 0.6 is 11.8 Å². The molecule has 4 aromatic heterocycles. The van der Waals surface area contributed by atoms with Gasteiger partial charge >= 0.3 is 0 Å². The number of amides is 1.